The van der Waals surface area contributed by atoms with Gasteiger partial charge in [-0.15, -0.1) is 11.6 Å². The fourth-order valence-corrected chi connectivity index (χ4v) is 2.03. The molecular weight excluding hydrogens is 310 g/mol. The van der Waals surface area contributed by atoms with E-state index in [-0.39, 0.29) is 24.6 Å². The number of alkyl halides is 1. The van der Waals surface area contributed by atoms with E-state index in [2.05, 4.69) is 0 Å². The predicted molar refractivity (Wildman–Crippen MR) is 79.6 cm³/mol. The van der Waals surface area contributed by atoms with Gasteiger partial charge in [0, 0.05) is 6.54 Å². The molecule has 0 bridgehead atoms. The summed E-state index contributed by atoms with van der Waals surface area (Å²) in [7, 11) is 1.59. The second-order valence-corrected chi connectivity index (χ2v) is 5.19. The summed E-state index contributed by atoms with van der Waals surface area (Å²) < 4.78 is 15.2. The first-order valence-electron chi connectivity index (χ1n) is 6.84. The first-order valence-corrected chi connectivity index (χ1v) is 7.37. The standard InChI is InChI=1S/C15H18ClNO5/c1-10-14(22-10)15(19)17(9-21-13(18)7-16)8-11-3-5-12(20-2)6-4-11/h3-6,10,14H,7-9H2,1-2H3/t10-,14-/m1/s1. The summed E-state index contributed by atoms with van der Waals surface area (Å²) in [5.74, 6) is -0.292. The lowest BCUT2D eigenvalue weighted by molar-refractivity contribution is -0.151. The van der Waals surface area contributed by atoms with E-state index in [1.807, 2.05) is 19.1 Å². The van der Waals surface area contributed by atoms with Gasteiger partial charge in [0.05, 0.1) is 13.2 Å². The van der Waals surface area contributed by atoms with Gasteiger partial charge in [0.1, 0.15) is 11.6 Å². The number of rotatable bonds is 7. The van der Waals surface area contributed by atoms with Crippen LogP contribution in [0.3, 0.4) is 0 Å². The highest BCUT2D eigenvalue weighted by atomic mass is 35.5. The van der Waals surface area contributed by atoms with Crippen molar-refractivity contribution in [2.45, 2.75) is 25.7 Å². The minimum atomic E-state index is -0.570. The van der Waals surface area contributed by atoms with Crippen LogP contribution in [0.4, 0.5) is 0 Å². The molecule has 1 saturated heterocycles. The van der Waals surface area contributed by atoms with Crippen LogP contribution in [0.2, 0.25) is 0 Å². The number of carbonyl (C=O) groups is 2. The Morgan fingerprint density at radius 1 is 1.32 bits per heavy atom. The number of benzene rings is 1. The van der Waals surface area contributed by atoms with Gasteiger partial charge in [-0.3, -0.25) is 9.59 Å². The highest BCUT2D eigenvalue weighted by molar-refractivity contribution is 6.26. The Morgan fingerprint density at radius 3 is 2.45 bits per heavy atom. The number of ether oxygens (including phenoxy) is 3. The van der Waals surface area contributed by atoms with Crippen LogP contribution < -0.4 is 4.74 Å². The molecule has 0 spiro atoms. The van der Waals surface area contributed by atoms with E-state index < -0.39 is 12.1 Å². The van der Waals surface area contributed by atoms with E-state index >= 15 is 0 Å². The van der Waals surface area contributed by atoms with Gasteiger partial charge in [-0.1, -0.05) is 12.1 Å². The SMILES string of the molecule is COc1ccc(CN(COC(=O)CCl)C(=O)[C@@H]2O[C@@H]2C)cc1. The van der Waals surface area contributed by atoms with Crippen molar-refractivity contribution in [2.24, 2.45) is 0 Å². The number of halogens is 1. The van der Waals surface area contributed by atoms with Crippen LogP contribution in [0, 0.1) is 0 Å². The molecule has 1 aromatic carbocycles. The normalized spacial score (nSPS) is 19.4. The van der Waals surface area contributed by atoms with Crippen molar-refractivity contribution >= 4 is 23.5 Å². The predicted octanol–water partition coefficient (Wildman–Crippen LogP) is 1.55. The fraction of sp³-hybridized carbons (Fsp3) is 0.467. The molecule has 1 fully saturated rings. The molecule has 22 heavy (non-hydrogen) atoms. The van der Waals surface area contributed by atoms with Gasteiger partial charge in [-0.25, -0.2) is 0 Å². The molecule has 0 radical (unpaired) electrons. The fourth-order valence-electron chi connectivity index (χ4n) is 1.95. The second-order valence-electron chi connectivity index (χ2n) is 4.93. The van der Waals surface area contributed by atoms with E-state index in [4.69, 9.17) is 25.8 Å². The number of amides is 1. The van der Waals surface area contributed by atoms with Gasteiger partial charge >= 0.3 is 5.97 Å². The van der Waals surface area contributed by atoms with Gasteiger partial charge in [0.25, 0.3) is 5.91 Å². The molecule has 2 rings (SSSR count). The quantitative estimate of drug-likeness (QED) is 0.329. The average Bonchev–Trinajstić information content (AvgIpc) is 3.27. The van der Waals surface area contributed by atoms with Crippen molar-refractivity contribution in [2.75, 3.05) is 19.7 Å². The largest absolute Gasteiger partial charge is 0.497 e. The molecule has 1 aliphatic rings. The zero-order chi connectivity index (χ0) is 16.1. The summed E-state index contributed by atoms with van der Waals surface area (Å²) >= 11 is 5.39. The summed E-state index contributed by atoms with van der Waals surface area (Å²) in [6.45, 7) is 1.98. The third kappa shape index (κ3) is 4.35. The van der Waals surface area contributed by atoms with Crippen molar-refractivity contribution in [1.82, 2.24) is 4.90 Å². The maximum atomic E-state index is 12.3. The number of hydrogen-bond donors (Lipinski definition) is 0. The van der Waals surface area contributed by atoms with Gasteiger partial charge in [-0.2, -0.15) is 0 Å². The number of hydrogen-bond acceptors (Lipinski definition) is 5. The molecule has 1 aliphatic heterocycles. The lowest BCUT2D eigenvalue weighted by atomic mass is 10.2. The van der Waals surface area contributed by atoms with Crippen LogP contribution in [-0.4, -0.2) is 48.7 Å². The molecule has 0 saturated carbocycles. The molecule has 1 heterocycles. The van der Waals surface area contributed by atoms with Crippen LogP contribution in [0.5, 0.6) is 5.75 Å². The monoisotopic (exact) mass is 327 g/mol. The van der Waals surface area contributed by atoms with Gasteiger partial charge in [0.2, 0.25) is 0 Å². The van der Waals surface area contributed by atoms with Crippen LogP contribution in [0.15, 0.2) is 24.3 Å². The summed E-state index contributed by atoms with van der Waals surface area (Å²) in [6.07, 6.45) is -0.567. The molecule has 0 aromatic heterocycles. The van der Waals surface area contributed by atoms with Gasteiger partial charge < -0.3 is 19.1 Å². The topological polar surface area (TPSA) is 68.4 Å². The Kier molecular flexibility index (Phi) is 5.63. The molecule has 7 heteroatoms. The highest BCUT2D eigenvalue weighted by Crippen LogP contribution is 2.24. The smallest absolute Gasteiger partial charge is 0.322 e. The van der Waals surface area contributed by atoms with Crippen molar-refractivity contribution in [1.29, 1.82) is 0 Å². The van der Waals surface area contributed by atoms with Crippen LogP contribution in [-0.2, 0) is 25.6 Å². The summed E-state index contributed by atoms with van der Waals surface area (Å²) in [6, 6.07) is 7.30. The van der Waals surface area contributed by atoms with E-state index in [0.29, 0.717) is 6.54 Å². The average molecular weight is 328 g/mol. The van der Waals surface area contributed by atoms with Crippen LogP contribution >= 0.6 is 11.6 Å². The van der Waals surface area contributed by atoms with Crippen molar-refractivity contribution in [3.8, 4) is 5.75 Å². The van der Waals surface area contributed by atoms with E-state index in [9.17, 15) is 9.59 Å². The second kappa shape index (κ2) is 7.47. The molecular formula is C15H18ClNO5. The molecule has 0 unspecified atom stereocenters. The first-order chi connectivity index (χ1) is 10.5. The number of epoxide rings is 1. The number of carbonyl (C=O) groups excluding carboxylic acids is 2. The number of nitrogens with zero attached hydrogens (tertiary/aromatic N) is 1. The molecule has 1 aromatic rings. The molecule has 6 nitrogen and oxygen atoms in total. The van der Waals surface area contributed by atoms with Crippen molar-refractivity contribution in [3.05, 3.63) is 29.8 Å². The Balaban J connectivity index is 2.02. The maximum absolute atomic E-state index is 12.3. The van der Waals surface area contributed by atoms with E-state index in [1.54, 1.807) is 19.2 Å². The van der Waals surface area contributed by atoms with Crippen molar-refractivity contribution < 1.29 is 23.8 Å². The Morgan fingerprint density at radius 2 is 1.95 bits per heavy atom. The molecule has 120 valence electrons. The van der Waals surface area contributed by atoms with Gasteiger partial charge in [-0.05, 0) is 24.6 Å². The Hall–Kier alpha value is -1.79. The summed E-state index contributed by atoms with van der Waals surface area (Å²) in [5.41, 5.74) is 0.893. The van der Waals surface area contributed by atoms with Crippen LogP contribution in [0.25, 0.3) is 0 Å². The molecule has 0 N–H and O–H groups in total. The minimum Gasteiger partial charge on any atom is -0.497 e. The van der Waals surface area contributed by atoms with E-state index in [1.165, 1.54) is 4.90 Å². The number of methoxy groups -OCH3 is 1. The third-order valence-corrected chi connectivity index (χ3v) is 3.51. The zero-order valence-corrected chi connectivity index (χ0v) is 13.2. The van der Waals surface area contributed by atoms with Crippen LogP contribution in [0.1, 0.15) is 12.5 Å². The lowest BCUT2D eigenvalue weighted by Gasteiger charge is -2.21. The van der Waals surface area contributed by atoms with Crippen molar-refractivity contribution in [3.63, 3.8) is 0 Å². The first kappa shape index (κ1) is 16.6. The van der Waals surface area contributed by atoms with E-state index in [0.717, 1.165) is 11.3 Å². The summed E-state index contributed by atoms with van der Waals surface area (Å²) in [4.78, 5) is 24.9. The third-order valence-electron chi connectivity index (χ3n) is 3.29. The maximum Gasteiger partial charge on any atom is 0.322 e. The molecule has 2 atom stereocenters. The Labute approximate surface area is 133 Å². The number of esters is 1. The zero-order valence-electron chi connectivity index (χ0n) is 12.5. The van der Waals surface area contributed by atoms with Gasteiger partial charge in [0.15, 0.2) is 12.8 Å². The minimum absolute atomic E-state index is 0.102. The summed E-state index contributed by atoms with van der Waals surface area (Å²) in [5, 5.41) is 0. The Bertz CT molecular complexity index is 533. The molecule has 0 aliphatic carbocycles. The highest BCUT2D eigenvalue weighted by Gasteiger charge is 2.43. The lowest BCUT2D eigenvalue weighted by Crippen LogP contribution is -2.37. The molecule has 1 amide bonds.